The fraction of sp³-hybridized carbons (Fsp3) is 0.100. The van der Waals surface area contributed by atoms with Crippen LogP contribution in [0.3, 0.4) is 0 Å². The summed E-state index contributed by atoms with van der Waals surface area (Å²) in [6, 6.07) is 3.05. The van der Waals surface area contributed by atoms with Crippen LogP contribution in [0.25, 0.3) is 0 Å². The maximum absolute atomic E-state index is 11.8. The molecular formula is C10H7Cl2N5O. The van der Waals surface area contributed by atoms with Crippen LogP contribution in [-0.4, -0.2) is 26.1 Å². The number of carbonyl (C=O) groups excluding carboxylic acids is 1. The standard InChI is InChI=1S/C10H7Cl2N5O/c11-8-3-7(9(12)17-16-8)10(18)14-4-6-1-2-13-5-15-6/h1-3,5H,4H2,(H,14,18). The molecule has 1 amide bonds. The average molecular weight is 284 g/mol. The number of rotatable bonds is 3. The molecule has 0 saturated carbocycles. The van der Waals surface area contributed by atoms with Crippen molar-refractivity contribution in [2.75, 3.05) is 0 Å². The Morgan fingerprint density at radius 2 is 2.17 bits per heavy atom. The Bertz CT molecular complexity index is 563. The van der Waals surface area contributed by atoms with Gasteiger partial charge in [0.25, 0.3) is 5.91 Å². The molecule has 0 unspecified atom stereocenters. The summed E-state index contributed by atoms with van der Waals surface area (Å²) >= 11 is 11.4. The summed E-state index contributed by atoms with van der Waals surface area (Å²) in [5.41, 5.74) is 0.855. The summed E-state index contributed by atoms with van der Waals surface area (Å²) in [6.45, 7) is 0.262. The predicted molar refractivity (Wildman–Crippen MR) is 65.3 cm³/mol. The van der Waals surface area contributed by atoms with Crippen LogP contribution in [0.1, 0.15) is 16.1 Å². The van der Waals surface area contributed by atoms with E-state index < -0.39 is 5.91 Å². The van der Waals surface area contributed by atoms with Crippen LogP contribution in [0.2, 0.25) is 10.3 Å². The zero-order valence-electron chi connectivity index (χ0n) is 8.97. The second-order valence-corrected chi connectivity index (χ2v) is 4.00. The number of hydrogen-bond acceptors (Lipinski definition) is 5. The average Bonchev–Trinajstić information content (AvgIpc) is 2.40. The minimum atomic E-state index is -0.393. The normalized spacial score (nSPS) is 10.1. The molecule has 0 aliphatic carbocycles. The molecule has 18 heavy (non-hydrogen) atoms. The molecule has 0 aliphatic heterocycles. The fourth-order valence-corrected chi connectivity index (χ4v) is 1.53. The van der Waals surface area contributed by atoms with Crippen LogP contribution in [0.5, 0.6) is 0 Å². The summed E-state index contributed by atoms with van der Waals surface area (Å²) in [5.74, 6) is -0.393. The first kappa shape index (κ1) is 12.7. The molecule has 2 heterocycles. The van der Waals surface area contributed by atoms with E-state index in [1.807, 2.05) is 0 Å². The van der Waals surface area contributed by atoms with Crippen molar-refractivity contribution in [1.82, 2.24) is 25.5 Å². The quantitative estimate of drug-likeness (QED) is 0.923. The van der Waals surface area contributed by atoms with Crippen molar-refractivity contribution >= 4 is 29.1 Å². The van der Waals surface area contributed by atoms with Gasteiger partial charge in [0.15, 0.2) is 10.3 Å². The zero-order chi connectivity index (χ0) is 13.0. The molecule has 2 aromatic rings. The monoisotopic (exact) mass is 283 g/mol. The molecule has 0 aliphatic rings. The predicted octanol–water partition coefficient (Wildman–Crippen LogP) is 1.50. The first-order valence-electron chi connectivity index (χ1n) is 4.88. The Labute approximate surface area is 112 Å². The first-order chi connectivity index (χ1) is 8.66. The van der Waals surface area contributed by atoms with E-state index in [-0.39, 0.29) is 22.4 Å². The maximum Gasteiger partial charge on any atom is 0.254 e. The third kappa shape index (κ3) is 3.12. The van der Waals surface area contributed by atoms with Gasteiger partial charge in [-0.2, -0.15) is 0 Å². The van der Waals surface area contributed by atoms with E-state index in [9.17, 15) is 4.79 Å². The van der Waals surface area contributed by atoms with Gasteiger partial charge in [0.1, 0.15) is 6.33 Å². The Kier molecular flexibility index (Phi) is 4.01. The highest BCUT2D eigenvalue weighted by atomic mass is 35.5. The van der Waals surface area contributed by atoms with Crippen LogP contribution in [0.15, 0.2) is 24.7 Å². The van der Waals surface area contributed by atoms with Crippen LogP contribution in [0.4, 0.5) is 0 Å². The lowest BCUT2D eigenvalue weighted by molar-refractivity contribution is 0.0950. The van der Waals surface area contributed by atoms with E-state index in [2.05, 4.69) is 25.5 Å². The highest BCUT2D eigenvalue weighted by Crippen LogP contribution is 2.15. The number of aromatic nitrogens is 4. The molecule has 8 heteroatoms. The Hall–Kier alpha value is -1.79. The largest absolute Gasteiger partial charge is 0.346 e. The van der Waals surface area contributed by atoms with Crippen LogP contribution in [-0.2, 0) is 6.54 Å². The van der Waals surface area contributed by atoms with Gasteiger partial charge in [0, 0.05) is 6.20 Å². The van der Waals surface area contributed by atoms with E-state index >= 15 is 0 Å². The fourth-order valence-electron chi connectivity index (χ4n) is 1.20. The van der Waals surface area contributed by atoms with Gasteiger partial charge in [-0.15, -0.1) is 10.2 Å². The molecule has 1 N–H and O–H groups in total. The van der Waals surface area contributed by atoms with Crippen molar-refractivity contribution in [3.05, 3.63) is 46.2 Å². The number of hydrogen-bond donors (Lipinski definition) is 1. The second-order valence-electron chi connectivity index (χ2n) is 3.25. The van der Waals surface area contributed by atoms with Gasteiger partial charge in [-0.25, -0.2) is 9.97 Å². The highest BCUT2D eigenvalue weighted by molar-refractivity contribution is 6.34. The van der Waals surface area contributed by atoms with E-state index in [4.69, 9.17) is 23.2 Å². The molecule has 0 aromatic carbocycles. The van der Waals surface area contributed by atoms with Gasteiger partial charge in [-0.05, 0) is 12.1 Å². The molecule has 0 bridgehead atoms. The topological polar surface area (TPSA) is 80.7 Å². The highest BCUT2D eigenvalue weighted by Gasteiger charge is 2.12. The minimum absolute atomic E-state index is 0.000382. The summed E-state index contributed by atoms with van der Waals surface area (Å²) in [7, 11) is 0. The van der Waals surface area contributed by atoms with Crippen molar-refractivity contribution < 1.29 is 4.79 Å². The molecule has 0 spiro atoms. The lowest BCUT2D eigenvalue weighted by Gasteiger charge is -2.05. The molecule has 92 valence electrons. The third-order valence-corrected chi connectivity index (χ3v) is 2.50. The molecule has 2 rings (SSSR count). The number of nitrogens with zero attached hydrogens (tertiary/aromatic N) is 4. The van der Waals surface area contributed by atoms with Crippen molar-refractivity contribution in [2.45, 2.75) is 6.54 Å². The first-order valence-corrected chi connectivity index (χ1v) is 5.64. The molecule has 0 radical (unpaired) electrons. The smallest absolute Gasteiger partial charge is 0.254 e. The SMILES string of the molecule is O=C(NCc1ccncn1)c1cc(Cl)nnc1Cl. The third-order valence-electron chi connectivity index (χ3n) is 2.04. The molecule has 6 nitrogen and oxygen atoms in total. The van der Waals surface area contributed by atoms with Crippen LogP contribution >= 0.6 is 23.2 Å². The van der Waals surface area contributed by atoms with Gasteiger partial charge in [0.05, 0.1) is 17.8 Å². The molecule has 2 aromatic heterocycles. The van der Waals surface area contributed by atoms with Gasteiger partial charge in [0.2, 0.25) is 0 Å². The lowest BCUT2D eigenvalue weighted by atomic mass is 10.3. The van der Waals surface area contributed by atoms with Gasteiger partial charge in [-0.3, -0.25) is 4.79 Å². The van der Waals surface area contributed by atoms with Crippen LogP contribution < -0.4 is 5.32 Å². The summed E-state index contributed by atoms with van der Waals surface area (Å²) in [5, 5.41) is 9.82. The summed E-state index contributed by atoms with van der Waals surface area (Å²) < 4.78 is 0. The van der Waals surface area contributed by atoms with Crippen molar-refractivity contribution in [2.24, 2.45) is 0 Å². The second kappa shape index (κ2) is 5.70. The summed E-state index contributed by atoms with van der Waals surface area (Å²) in [4.78, 5) is 19.6. The molecule has 0 atom stereocenters. The van der Waals surface area contributed by atoms with Crippen molar-refractivity contribution in [3.8, 4) is 0 Å². The Balaban J connectivity index is 2.06. The Morgan fingerprint density at radius 1 is 1.33 bits per heavy atom. The maximum atomic E-state index is 11.8. The van der Waals surface area contributed by atoms with Crippen LogP contribution in [0, 0.1) is 0 Å². The number of carbonyl (C=O) groups is 1. The lowest BCUT2D eigenvalue weighted by Crippen LogP contribution is -2.24. The number of amides is 1. The number of halogens is 2. The van der Waals surface area contributed by atoms with E-state index in [1.165, 1.54) is 12.4 Å². The number of nitrogens with one attached hydrogen (secondary N) is 1. The van der Waals surface area contributed by atoms with Gasteiger partial charge >= 0.3 is 0 Å². The molecule has 0 saturated heterocycles. The van der Waals surface area contributed by atoms with E-state index in [0.717, 1.165) is 0 Å². The van der Waals surface area contributed by atoms with Gasteiger partial charge in [-0.1, -0.05) is 23.2 Å². The van der Waals surface area contributed by atoms with Crippen molar-refractivity contribution in [1.29, 1.82) is 0 Å². The molecular weight excluding hydrogens is 277 g/mol. The van der Waals surface area contributed by atoms with E-state index in [0.29, 0.717) is 5.69 Å². The minimum Gasteiger partial charge on any atom is -0.346 e. The Morgan fingerprint density at radius 3 is 2.89 bits per heavy atom. The van der Waals surface area contributed by atoms with E-state index in [1.54, 1.807) is 12.3 Å². The van der Waals surface area contributed by atoms with Gasteiger partial charge < -0.3 is 5.32 Å². The molecule has 0 fully saturated rings. The van der Waals surface area contributed by atoms with Crippen molar-refractivity contribution in [3.63, 3.8) is 0 Å². The zero-order valence-corrected chi connectivity index (χ0v) is 10.5. The summed E-state index contributed by atoms with van der Waals surface area (Å²) in [6.07, 6.45) is 2.99.